The molecule has 1 N–H and O–H groups in total. The monoisotopic (exact) mass is 316 g/mol. The number of carbonyl (C=O) groups is 2. The summed E-state index contributed by atoms with van der Waals surface area (Å²) in [6.07, 6.45) is 7.40. The number of pyridine rings is 1. The summed E-state index contributed by atoms with van der Waals surface area (Å²) in [4.78, 5) is 27.1. The Balaban J connectivity index is 1.49. The molecule has 2 heterocycles. The maximum absolute atomic E-state index is 11.6. The highest BCUT2D eigenvalue weighted by Gasteiger charge is 2.08. The molecule has 23 heavy (non-hydrogen) atoms. The summed E-state index contributed by atoms with van der Waals surface area (Å²) in [5.74, 6) is -0.253. The Morgan fingerprint density at radius 3 is 2.74 bits per heavy atom. The third-order valence-electron chi connectivity index (χ3n) is 3.21. The number of hydrogen-bond donors (Lipinski definition) is 1. The summed E-state index contributed by atoms with van der Waals surface area (Å²) in [6, 6.07) is 7.14. The average Bonchev–Trinajstić information content (AvgIpc) is 3.11. The minimum atomic E-state index is -0.277. The fourth-order valence-electron chi connectivity index (χ4n) is 2.01. The minimum absolute atomic E-state index is 0.244. The van der Waals surface area contributed by atoms with Gasteiger partial charge < -0.3 is 14.5 Å². The zero-order valence-electron chi connectivity index (χ0n) is 12.9. The number of nitrogens with zero attached hydrogens (tertiary/aromatic N) is 1. The fourth-order valence-corrected chi connectivity index (χ4v) is 2.01. The van der Waals surface area contributed by atoms with E-state index in [2.05, 4.69) is 10.3 Å². The van der Waals surface area contributed by atoms with Crippen LogP contribution < -0.4 is 5.32 Å². The van der Waals surface area contributed by atoms with Crippen molar-refractivity contribution in [3.63, 3.8) is 0 Å². The number of furan rings is 1. The Hall–Kier alpha value is -2.63. The first-order valence-corrected chi connectivity index (χ1v) is 7.62. The Morgan fingerprint density at radius 2 is 2.00 bits per heavy atom. The van der Waals surface area contributed by atoms with Crippen molar-refractivity contribution in [2.24, 2.45) is 0 Å². The third-order valence-corrected chi connectivity index (χ3v) is 3.21. The van der Waals surface area contributed by atoms with Crippen LogP contribution in [-0.4, -0.2) is 30.0 Å². The number of esters is 1. The van der Waals surface area contributed by atoms with Crippen LogP contribution in [0.3, 0.4) is 0 Å². The molecule has 6 nitrogen and oxygen atoms in total. The van der Waals surface area contributed by atoms with Gasteiger partial charge in [0.2, 0.25) is 0 Å². The van der Waals surface area contributed by atoms with Gasteiger partial charge in [-0.3, -0.25) is 14.6 Å². The molecule has 0 unspecified atom stereocenters. The molecule has 0 bridgehead atoms. The van der Waals surface area contributed by atoms with Gasteiger partial charge in [0.1, 0.15) is 0 Å². The molecule has 2 rings (SSSR count). The van der Waals surface area contributed by atoms with Crippen molar-refractivity contribution in [3.05, 3.63) is 54.2 Å². The predicted molar refractivity (Wildman–Crippen MR) is 83.8 cm³/mol. The van der Waals surface area contributed by atoms with E-state index in [9.17, 15) is 9.59 Å². The molecule has 0 aromatic carbocycles. The van der Waals surface area contributed by atoms with Crippen molar-refractivity contribution < 1.29 is 18.7 Å². The zero-order valence-corrected chi connectivity index (χ0v) is 12.9. The highest BCUT2D eigenvalue weighted by Crippen LogP contribution is 2.02. The Morgan fingerprint density at radius 1 is 1.17 bits per heavy atom. The maximum Gasteiger partial charge on any atom is 0.305 e. The highest BCUT2D eigenvalue weighted by atomic mass is 16.5. The van der Waals surface area contributed by atoms with Crippen LogP contribution in [-0.2, 0) is 16.0 Å². The zero-order chi connectivity index (χ0) is 16.3. The molecule has 0 fully saturated rings. The number of hydrogen-bond acceptors (Lipinski definition) is 5. The molecule has 2 aromatic rings. The summed E-state index contributed by atoms with van der Waals surface area (Å²) >= 11 is 0. The van der Waals surface area contributed by atoms with Crippen molar-refractivity contribution in [2.45, 2.75) is 25.7 Å². The average molecular weight is 316 g/mol. The number of aryl methyl sites for hydroxylation is 1. The van der Waals surface area contributed by atoms with Gasteiger partial charge in [0.15, 0.2) is 5.76 Å². The lowest BCUT2D eigenvalue weighted by Crippen LogP contribution is -2.24. The number of amides is 1. The van der Waals surface area contributed by atoms with E-state index in [0.717, 1.165) is 12.8 Å². The van der Waals surface area contributed by atoms with E-state index in [1.807, 2.05) is 12.1 Å². The lowest BCUT2D eigenvalue weighted by atomic mass is 10.1. The second-order valence-corrected chi connectivity index (χ2v) is 5.02. The summed E-state index contributed by atoms with van der Waals surface area (Å²) in [5.41, 5.74) is 1.18. The number of nitrogens with one attached hydrogen (secondary N) is 1. The highest BCUT2D eigenvalue weighted by molar-refractivity contribution is 5.91. The van der Waals surface area contributed by atoms with Crippen LogP contribution in [0.25, 0.3) is 0 Å². The number of ether oxygens (including phenoxy) is 1. The molecule has 122 valence electrons. The van der Waals surface area contributed by atoms with Crippen LogP contribution in [0.4, 0.5) is 0 Å². The van der Waals surface area contributed by atoms with Gasteiger partial charge >= 0.3 is 5.97 Å². The first-order valence-electron chi connectivity index (χ1n) is 7.62. The maximum atomic E-state index is 11.6. The van der Waals surface area contributed by atoms with Gasteiger partial charge in [0.05, 0.1) is 12.9 Å². The van der Waals surface area contributed by atoms with Crippen molar-refractivity contribution in [2.75, 3.05) is 13.2 Å². The Kier molecular flexibility index (Phi) is 6.84. The van der Waals surface area contributed by atoms with Gasteiger partial charge in [-0.15, -0.1) is 0 Å². The van der Waals surface area contributed by atoms with Crippen LogP contribution in [0, 0.1) is 0 Å². The van der Waals surface area contributed by atoms with E-state index in [-0.39, 0.29) is 24.1 Å². The van der Waals surface area contributed by atoms with Crippen molar-refractivity contribution in [3.8, 4) is 0 Å². The van der Waals surface area contributed by atoms with E-state index in [1.165, 1.54) is 11.8 Å². The summed E-state index contributed by atoms with van der Waals surface area (Å²) in [7, 11) is 0. The summed E-state index contributed by atoms with van der Waals surface area (Å²) < 4.78 is 10.1. The second-order valence-electron chi connectivity index (χ2n) is 5.02. The molecule has 6 heteroatoms. The first-order chi connectivity index (χ1) is 11.3. The number of carbonyl (C=O) groups excluding carboxylic acids is 2. The van der Waals surface area contributed by atoms with Gasteiger partial charge in [-0.25, -0.2) is 0 Å². The van der Waals surface area contributed by atoms with Gasteiger partial charge in [-0.1, -0.05) is 0 Å². The van der Waals surface area contributed by atoms with Gasteiger partial charge in [0.25, 0.3) is 5.91 Å². The first kappa shape index (κ1) is 16.7. The lowest BCUT2D eigenvalue weighted by Gasteiger charge is -2.05. The largest absolute Gasteiger partial charge is 0.466 e. The molecule has 0 atom stereocenters. The topological polar surface area (TPSA) is 81.4 Å². The van der Waals surface area contributed by atoms with E-state index < -0.39 is 0 Å². The number of rotatable bonds is 9. The molecular formula is C17H20N2O4. The molecular weight excluding hydrogens is 296 g/mol. The molecule has 0 aliphatic heterocycles. The van der Waals surface area contributed by atoms with Crippen molar-refractivity contribution in [1.82, 2.24) is 10.3 Å². The van der Waals surface area contributed by atoms with E-state index in [4.69, 9.17) is 9.15 Å². The molecule has 1 amide bonds. The van der Waals surface area contributed by atoms with Gasteiger partial charge in [0, 0.05) is 25.4 Å². The van der Waals surface area contributed by atoms with Gasteiger partial charge in [-0.05, 0) is 49.1 Å². The van der Waals surface area contributed by atoms with Crippen LogP contribution in [0.1, 0.15) is 35.4 Å². The molecule has 0 spiro atoms. The third kappa shape index (κ3) is 6.34. The quantitative estimate of drug-likeness (QED) is 0.567. The molecule has 2 aromatic heterocycles. The van der Waals surface area contributed by atoms with Crippen LogP contribution in [0.2, 0.25) is 0 Å². The molecule has 0 aliphatic carbocycles. The summed E-state index contributed by atoms with van der Waals surface area (Å²) in [6.45, 7) is 0.811. The van der Waals surface area contributed by atoms with E-state index in [0.29, 0.717) is 19.6 Å². The molecule has 0 saturated heterocycles. The van der Waals surface area contributed by atoms with Crippen molar-refractivity contribution >= 4 is 11.9 Å². The summed E-state index contributed by atoms with van der Waals surface area (Å²) in [5, 5.41) is 2.68. The molecule has 0 saturated carbocycles. The molecule has 0 radical (unpaired) electrons. The van der Waals surface area contributed by atoms with E-state index >= 15 is 0 Å². The van der Waals surface area contributed by atoms with Crippen molar-refractivity contribution in [1.29, 1.82) is 0 Å². The Bertz CT molecular complexity index is 596. The smallest absolute Gasteiger partial charge is 0.305 e. The Labute approximate surface area is 134 Å². The van der Waals surface area contributed by atoms with Crippen LogP contribution >= 0.6 is 0 Å². The van der Waals surface area contributed by atoms with E-state index in [1.54, 1.807) is 24.5 Å². The van der Waals surface area contributed by atoms with Crippen LogP contribution in [0.5, 0.6) is 0 Å². The SMILES string of the molecule is O=C(CCCNC(=O)c1ccco1)OCCCc1ccncc1. The normalized spacial score (nSPS) is 10.3. The predicted octanol–water partition coefficient (Wildman–Crippen LogP) is 2.36. The lowest BCUT2D eigenvalue weighted by molar-refractivity contribution is -0.143. The van der Waals surface area contributed by atoms with Crippen LogP contribution in [0.15, 0.2) is 47.3 Å². The van der Waals surface area contributed by atoms with Gasteiger partial charge in [-0.2, -0.15) is 0 Å². The molecule has 0 aliphatic rings. The minimum Gasteiger partial charge on any atom is -0.466 e. The fraction of sp³-hybridized carbons (Fsp3) is 0.353. The number of aromatic nitrogens is 1. The standard InChI is InChI=1S/C17H20N2O4/c20-16(23-13-2-4-14-7-10-18-11-8-14)6-1-9-19-17(21)15-5-3-12-22-15/h3,5,7-8,10-12H,1-2,4,6,9,13H2,(H,19,21). The second kappa shape index (κ2) is 9.40.